The summed E-state index contributed by atoms with van der Waals surface area (Å²) in [5.74, 6) is 0. The average molecular weight is 662 g/mol. The van der Waals surface area contributed by atoms with Crippen LogP contribution in [0.5, 0.6) is 0 Å². The van der Waals surface area contributed by atoms with E-state index in [1.165, 1.54) is 48.4 Å². The van der Waals surface area contributed by atoms with Crippen molar-refractivity contribution in [3.8, 4) is 0 Å². The average Bonchev–Trinajstić information content (AvgIpc) is 2.89. The van der Waals surface area contributed by atoms with E-state index in [9.17, 15) is 20.2 Å². The molecule has 0 saturated heterocycles. The van der Waals surface area contributed by atoms with Gasteiger partial charge in [0.25, 0.3) is 11.4 Å². The van der Waals surface area contributed by atoms with E-state index < -0.39 is 9.85 Å². The highest BCUT2D eigenvalue weighted by Crippen LogP contribution is 2.45. The lowest BCUT2D eigenvalue weighted by Gasteiger charge is -2.20. The number of benzene rings is 4. The Morgan fingerprint density at radius 2 is 0.973 bits per heavy atom. The van der Waals surface area contributed by atoms with Crippen molar-refractivity contribution in [2.75, 3.05) is 0 Å². The van der Waals surface area contributed by atoms with E-state index in [1.54, 1.807) is 24.3 Å². The van der Waals surface area contributed by atoms with Crippen LogP contribution in [0, 0.1) is 20.2 Å². The van der Waals surface area contributed by atoms with Crippen LogP contribution in [-0.4, -0.2) is 9.85 Å². The normalized spacial score (nSPS) is 12.6. The first-order chi connectivity index (χ1) is 17.8. The van der Waals surface area contributed by atoms with Gasteiger partial charge < -0.3 is 0 Å². The second kappa shape index (κ2) is 12.7. The minimum Gasteiger partial charge on any atom is -0.258 e. The van der Waals surface area contributed by atoms with Crippen LogP contribution in [0.2, 0.25) is 0 Å². The van der Waals surface area contributed by atoms with Gasteiger partial charge in [-0.15, -0.1) is 0 Å². The predicted molar refractivity (Wildman–Crippen MR) is 154 cm³/mol. The first kappa shape index (κ1) is 27.3. The lowest BCUT2D eigenvalue weighted by atomic mass is 10.0. The van der Waals surface area contributed by atoms with Gasteiger partial charge >= 0.3 is 0 Å². The third-order valence-electron chi connectivity index (χ3n) is 5.39. The molecule has 0 aliphatic carbocycles. The van der Waals surface area contributed by atoms with Gasteiger partial charge in [-0.05, 0) is 46.5 Å². The standard InChI is InChI=1S/C26H18Br2N2O5S2/c27-21-5-1-3-19(15-21)25(17-7-11-23(12-8-17)29(31)32)36-35-37-26(20-4-2-6-22(28)16-20)18-9-13-24(14-10-18)30(33)34/h1-16,25-26H. The van der Waals surface area contributed by atoms with E-state index in [2.05, 4.69) is 31.9 Å². The number of hydrogen-bond donors (Lipinski definition) is 0. The maximum absolute atomic E-state index is 11.1. The Morgan fingerprint density at radius 1 is 0.595 bits per heavy atom. The monoisotopic (exact) mass is 660 g/mol. The van der Waals surface area contributed by atoms with Crippen LogP contribution in [0.25, 0.3) is 0 Å². The molecule has 2 atom stereocenters. The van der Waals surface area contributed by atoms with E-state index in [4.69, 9.17) is 3.63 Å². The maximum Gasteiger partial charge on any atom is 0.269 e. The zero-order chi connectivity index (χ0) is 26.4. The van der Waals surface area contributed by atoms with Gasteiger partial charge in [-0.2, -0.15) is 0 Å². The van der Waals surface area contributed by atoms with E-state index in [0.717, 1.165) is 31.2 Å². The molecule has 4 aromatic carbocycles. The summed E-state index contributed by atoms with van der Waals surface area (Å²) in [6.45, 7) is 0. The molecule has 0 radical (unpaired) electrons. The van der Waals surface area contributed by atoms with Crippen molar-refractivity contribution >= 4 is 67.3 Å². The first-order valence-corrected chi connectivity index (χ1v) is 14.0. The first-order valence-electron chi connectivity index (χ1n) is 10.8. The van der Waals surface area contributed by atoms with Crippen molar-refractivity contribution < 1.29 is 13.5 Å². The van der Waals surface area contributed by atoms with E-state index in [0.29, 0.717) is 0 Å². The molecular weight excluding hydrogens is 644 g/mol. The Labute approximate surface area is 238 Å². The van der Waals surface area contributed by atoms with Gasteiger partial charge in [0, 0.05) is 57.3 Å². The van der Waals surface area contributed by atoms with Crippen LogP contribution in [0.4, 0.5) is 11.4 Å². The maximum atomic E-state index is 11.1. The van der Waals surface area contributed by atoms with Gasteiger partial charge in [0.05, 0.1) is 20.3 Å². The molecule has 11 heteroatoms. The van der Waals surface area contributed by atoms with Gasteiger partial charge in [-0.25, -0.2) is 3.63 Å². The second-order valence-corrected chi connectivity index (χ2v) is 11.5. The summed E-state index contributed by atoms with van der Waals surface area (Å²) in [5.41, 5.74) is 3.66. The fraction of sp³-hybridized carbons (Fsp3) is 0.0769. The van der Waals surface area contributed by atoms with Crippen LogP contribution in [0.1, 0.15) is 32.8 Å². The third-order valence-corrected chi connectivity index (χ3v) is 8.48. The highest BCUT2D eigenvalue weighted by atomic mass is 79.9. The molecule has 7 nitrogen and oxygen atoms in total. The SMILES string of the molecule is O=[N+]([O-])c1ccc(C(SOSC(c2ccc([N+](=O)[O-])cc2)c2cccc(Br)c2)c2cccc(Br)c2)cc1. The molecule has 0 N–H and O–H groups in total. The summed E-state index contributed by atoms with van der Waals surface area (Å²) in [5, 5.41) is 21.7. The largest absolute Gasteiger partial charge is 0.269 e. The Bertz CT molecular complexity index is 1300. The molecule has 0 aromatic heterocycles. The number of rotatable bonds is 10. The molecule has 2 unspecified atom stereocenters. The van der Waals surface area contributed by atoms with E-state index in [1.807, 2.05) is 48.5 Å². The molecule has 4 aromatic rings. The topological polar surface area (TPSA) is 95.5 Å². The Morgan fingerprint density at radius 3 is 1.30 bits per heavy atom. The zero-order valence-electron chi connectivity index (χ0n) is 18.9. The van der Waals surface area contributed by atoms with Crippen LogP contribution >= 0.6 is 55.9 Å². The fourth-order valence-electron chi connectivity index (χ4n) is 3.59. The van der Waals surface area contributed by atoms with Gasteiger partial charge in [-0.3, -0.25) is 20.2 Å². The Kier molecular flexibility index (Phi) is 9.38. The number of non-ortho nitro benzene ring substituents is 2. The summed E-state index contributed by atoms with van der Waals surface area (Å²) in [6.07, 6.45) is 0. The molecule has 0 saturated carbocycles. The van der Waals surface area contributed by atoms with Gasteiger partial charge in [0.15, 0.2) is 0 Å². The van der Waals surface area contributed by atoms with Crippen molar-refractivity contribution in [1.82, 2.24) is 0 Å². The lowest BCUT2D eigenvalue weighted by molar-refractivity contribution is -0.385. The third kappa shape index (κ3) is 7.20. The lowest BCUT2D eigenvalue weighted by Crippen LogP contribution is -2.00. The van der Waals surface area contributed by atoms with Crippen molar-refractivity contribution in [3.05, 3.63) is 148 Å². The summed E-state index contributed by atoms with van der Waals surface area (Å²) < 4.78 is 7.96. The molecule has 0 amide bonds. The second-order valence-electron chi connectivity index (χ2n) is 7.83. The van der Waals surface area contributed by atoms with Crippen molar-refractivity contribution in [2.45, 2.75) is 10.5 Å². The van der Waals surface area contributed by atoms with Crippen LogP contribution in [-0.2, 0) is 3.63 Å². The van der Waals surface area contributed by atoms with Crippen LogP contribution in [0.3, 0.4) is 0 Å². The molecule has 0 aliphatic heterocycles. The zero-order valence-corrected chi connectivity index (χ0v) is 23.7. The van der Waals surface area contributed by atoms with E-state index >= 15 is 0 Å². The van der Waals surface area contributed by atoms with Gasteiger partial charge in [0.2, 0.25) is 0 Å². The van der Waals surface area contributed by atoms with Crippen LogP contribution in [0.15, 0.2) is 106 Å². The molecule has 0 bridgehead atoms. The molecule has 4 rings (SSSR count). The van der Waals surface area contributed by atoms with Gasteiger partial charge in [0.1, 0.15) is 0 Å². The van der Waals surface area contributed by atoms with Gasteiger partial charge in [-0.1, -0.05) is 80.4 Å². The van der Waals surface area contributed by atoms with Crippen LogP contribution < -0.4 is 0 Å². The van der Waals surface area contributed by atoms with Crippen molar-refractivity contribution in [1.29, 1.82) is 0 Å². The molecule has 0 fully saturated rings. The molecule has 0 heterocycles. The minimum atomic E-state index is -0.426. The molecular formula is C26H18Br2N2O5S2. The fourth-order valence-corrected chi connectivity index (χ4v) is 6.29. The smallest absolute Gasteiger partial charge is 0.258 e. The summed E-state index contributed by atoms with van der Waals surface area (Å²) in [4.78, 5) is 21.4. The Balaban J connectivity index is 1.60. The Hall–Kier alpha value is -2.70. The summed E-state index contributed by atoms with van der Waals surface area (Å²) in [7, 11) is 0. The molecule has 37 heavy (non-hydrogen) atoms. The molecule has 188 valence electrons. The minimum absolute atomic E-state index is 0.0184. The summed E-state index contributed by atoms with van der Waals surface area (Å²) in [6, 6.07) is 28.4. The predicted octanol–water partition coefficient (Wildman–Crippen LogP) is 9.22. The van der Waals surface area contributed by atoms with Crippen molar-refractivity contribution in [2.24, 2.45) is 0 Å². The quantitative estimate of drug-likeness (QED) is 0.0949. The molecule has 0 spiro atoms. The molecule has 0 aliphatic rings. The summed E-state index contributed by atoms with van der Waals surface area (Å²) >= 11 is 9.49. The number of nitro benzene ring substituents is 2. The number of nitro groups is 2. The highest BCUT2D eigenvalue weighted by Gasteiger charge is 2.22. The van der Waals surface area contributed by atoms with E-state index in [-0.39, 0.29) is 21.9 Å². The number of halogens is 2. The highest BCUT2D eigenvalue weighted by molar-refractivity contribution is 9.10. The number of hydrogen-bond acceptors (Lipinski definition) is 7. The number of nitrogens with zero attached hydrogens (tertiary/aromatic N) is 2. The van der Waals surface area contributed by atoms with Crippen molar-refractivity contribution in [3.63, 3.8) is 0 Å².